The zero-order chi connectivity index (χ0) is 15.0. The molecule has 2 amide bonds. The number of carbonyl (C=O) groups excluding carboxylic acids is 2. The quantitative estimate of drug-likeness (QED) is 0.920. The van der Waals surface area contributed by atoms with Crippen LogP contribution in [-0.4, -0.2) is 34.9 Å². The van der Waals surface area contributed by atoms with Crippen molar-refractivity contribution < 1.29 is 9.59 Å². The summed E-state index contributed by atoms with van der Waals surface area (Å²) in [5.74, 6) is -0.397. The van der Waals surface area contributed by atoms with Crippen molar-refractivity contribution in [2.24, 2.45) is 0 Å². The van der Waals surface area contributed by atoms with E-state index in [0.29, 0.717) is 17.1 Å². The number of amides is 2. The van der Waals surface area contributed by atoms with Crippen LogP contribution < -0.4 is 5.32 Å². The Hall–Kier alpha value is -2.27. The fraction of sp³-hybridized carbons (Fsp3) is 0.200. The number of nitrogens with zero attached hydrogens (tertiary/aromatic N) is 2. The SMILES string of the molecule is CNC(=O)CN1Cc2cccn2-c2ccc(Cl)cc2C1=O. The first-order valence-corrected chi connectivity index (χ1v) is 6.94. The fourth-order valence-electron chi connectivity index (χ4n) is 2.49. The smallest absolute Gasteiger partial charge is 0.256 e. The Kier molecular flexibility index (Phi) is 3.43. The zero-order valence-corrected chi connectivity index (χ0v) is 12.2. The molecule has 1 aromatic carbocycles. The molecule has 6 heteroatoms. The first kappa shape index (κ1) is 13.7. The van der Waals surface area contributed by atoms with Crippen LogP contribution in [0.5, 0.6) is 0 Å². The molecule has 108 valence electrons. The van der Waals surface area contributed by atoms with Crippen LogP contribution in [-0.2, 0) is 11.3 Å². The summed E-state index contributed by atoms with van der Waals surface area (Å²) in [5.41, 5.74) is 2.23. The van der Waals surface area contributed by atoms with Gasteiger partial charge in [-0.3, -0.25) is 9.59 Å². The molecule has 1 aliphatic heterocycles. The first-order chi connectivity index (χ1) is 10.1. The fourth-order valence-corrected chi connectivity index (χ4v) is 2.66. The van der Waals surface area contributed by atoms with Crippen LogP contribution in [0.1, 0.15) is 16.1 Å². The Labute approximate surface area is 127 Å². The number of hydrogen-bond acceptors (Lipinski definition) is 2. The zero-order valence-electron chi connectivity index (χ0n) is 11.5. The van der Waals surface area contributed by atoms with E-state index < -0.39 is 0 Å². The van der Waals surface area contributed by atoms with Gasteiger partial charge >= 0.3 is 0 Å². The topological polar surface area (TPSA) is 54.3 Å². The molecule has 1 aliphatic rings. The van der Waals surface area contributed by atoms with Crippen LogP contribution in [0.15, 0.2) is 36.5 Å². The molecule has 3 rings (SSSR count). The number of fused-ring (bicyclic) bond motifs is 3. The van der Waals surface area contributed by atoms with Crippen molar-refractivity contribution in [3.05, 3.63) is 52.8 Å². The largest absolute Gasteiger partial charge is 0.358 e. The second-order valence-electron chi connectivity index (χ2n) is 4.87. The molecule has 2 aromatic rings. The summed E-state index contributed by atoms with van der Waals surface area (Å²) < 4.78 is 1.95. The van der Waals surface area contributed by atoms with Gasteiger partial charge in [-0.2, -0.15) is 0 Å². The van der Waals surface area contributed by atoms with Gasteiger partial charge < -0.3 is 14.8 Å². The van der Waals surface area contributed by atoms with Gasteiger partial charge in [-0.25, -0.2) is 0 Å². The molecule has 0 spiro atoms. The maximum absolute atomic E-state index is 12.7. The molecule has 0 saturated carbocycles. The van der Waals surface area contributed by atoms with E-state index in [9.17, 15) is 9.59 Å². The number of carbonyl (C=O) groups is 2. The van der Waals surface area contributed by atoms with Crippen molar-refractivity contribution >= 4 is 23.4 Å². The molecular weight excluding hydrogens is 290 g/mol. The Bertz CT molecular complexity index is 723. The van der Waals surface area contributed by atoms with Gasteiger partial charge in [0, 0.05) is 24.0 Å². The van der Waals surface area contributed by atoms with Gasteiger partial charge in [0.2, 0.25) is 5.91 Å². The van der Waals surface area contributed by atoms with Gasteiger partial charge in [-0.1, -0.05) is 11.6 Å². The van der Waals surface area contributed by atoms with Crippen LogP contribution in [0.2, 0.25) is 5.02 Å². The molecule has 0 fully saturated rings. The van der Waals surface area contributed by atoms with Gasteiger partial charge in [-0.15, -0.1) is 0 Å². The standard InChI is InChI=1S/C15H14ClN3O2/c1-17-14(20)9-18-8-11-3-2-6-19(11)13-5-4-10(16)7-12(13)15(18)21/h2-7H,8-9H2,1H3,(H,17,20). The number of rotatable bonds is 2. The van der Waals surface area contributed by atoms with Crippen LogP contribution >= 0.6 is 11.6 Å². The molecule has 21 heavy (non-hydrogen) atoms. The van der Waals surface area contributed by atoms with E-state index >= 15 is 0 Å². The van der Waals surface area contributed by atoms with Crippen molar-refractivity contribution in [1.29, 1.82) is 0 Å². The molecule has 0 atom stereocenters. The maximum atomic E-state index is 12.7. The summed E-state index contributed by atoms with van der Waals surface area (Å²) in [5, 5.41) is 3.04. The van der Waals surface area contributed by atoms with Crippen molar-refractivity contribution in [2.45, 2.75) is 6.54 Å². The lowest BCUT2D eigenvalue weighted by Crippen LogP contribution is -2.38. The van der Waals surface area contributed by atoms with Crippen molar-refractivity contribution in [1.82, 2.24) is 14.8 Å². The van der Waals surface area contributed by atoms with E-state index in [1.165, 1.54) is 4.90 Å². The highest BCUT2D eigenvalue weighted by Gasteiger charge is 2.26. The van der Waals surface area contributed by atoms with Gasteiger partial charge in [0.05, 0.1) is 17.8 Å². The molecule has 1 aromatic heterocycles. The second-order valence-corrected chi connectivity index (χ2v) is 5.30. The number of benzene rings is 1. The first-order valence-electron chi connectivity index (χ1n) is 6.56. The minimum Gasteiger partial charge on any atom is -0.358 e. The van der Waals surface area contributed by atoms with E-state index in [-0.39, 0.29) is 18.4 Å². The summed E-state index contributed by atoms with van der Waals surface area (Å²) in [6.07, 6.45) is 1.90. The highest BCUT2D eigenvalue weighted by molar-refractivity contribution is 6.31. The Morgan fingerprint density at radius 1 is 1.38 bits per heavy atom. The summed E-state index contributed by atoms with van der Waals surface area (Å²) in [6, 6.07) is 9.08. The van der Waals surface area contributed by atoms with E-state index in [1.54, 1.807) is 19.2 Å². The average molecular weight is 304 g/mol. The number of halogens is 1. The molecule has 0 bridgehead atoms. The van der Waals surface area contributed by atoms with E-state index in [1.807, 2.05) is 29.0 Å². The Morgan fingerprint density at radius 2 is 2.19 bits per heavy atom. The second kappa shape index (κ2) is 5.26. The summed E-state index contributed by atoms with van der Waals surface area (Å²) in [6.45, 7) is 0.401. The van der Waals surface area contributed by atoms with Gasteiger partial charge in [0.1, 0.15) is 6.54 Å². The molecule has 0 unspecified atom stereocenters. The van der Waals surface area contributed by atoms with Crippen molar-refractivity contribution in [3.63, 3.8) is 0 Å². The third kappa shape index (κ3) is 2.40. The predicted molar refractivity (Wildman–Crippen MR) is 79.6 cm³/mol. The molecule has 0 aliphatic carbocycles. The number of hydrogen-bond donors (Lipinski definition) is 1. The van der Waals surface area contributed by atoms with Gasteiger partial charge in [-0.05, 0) is 30.3 Å². The van der Waals surface area contributed by atoms with E-state index in [2.05, 4.69) is 5.32 Å². The van der Waals surface area contributed by atoms with Gasteiger partial charge in [0.25, 0.3) is 5.91 Å². The molecule has 5 nitrogen and oxygen atoms in total. The molecule has 2 heterocycles. The summed E-state index contributed by atoms with van der Waals surface area (Å²) >= 11 is 6.02. The number of nitrogens with one attached hydrogen (secondary N) is 1. The van der Waals surface area contributed by atoms with Crippen molar-refractivity contribution in [3.8, 4) is 5.69 Å². The van der Waals surface area contributed by atoms with Crippen LogP contribution in [0, 0.1) is 0 Å². The average Bonchev–Trinajstić information content (AvgIpc) is 2.90. The Balaban J connectivity index is 2.11. The highest BCUT2D eigenvalue weighted by Crippen LogP contribution is 2.27. The molecular formula is C15H14ClN3O2. The maximum Gasteiger partial charge on any atom is 0.256 e. The monoisotopic (exact) mass is 303 g/mol. The summed E-state index contributed by atoms with van der Waals surface area (Å²) in [7, 11) is 1.55. The lowest BCUT2D eigenvalue weighted by molar-refractivity contribution is -0.121. The number of aromatic nitrogens is 1. The normalized spacial score (nSPS) is 13.4. The molecule has 0 saturated heterocycles. The molecule has 1 N–H and O–H groups in total. The van der Waals surface area contributed by atoms with Crippen LogP contribution in [0.3, 0.4) is 0 Å². The van der Waals surface area contributed by atoms with Gasteiger partial charge in [0.15, 0.2) is 0 Å². The summed E-state index contributed by atoms with van der Waals surface area (Å²) in [4.78, 5) is 25.8. The third-order valence-corrected chi connectivity index (χ3v) is 3.77. The van der Waals surface area contributed by atoms with E-state index in [0.717, 1.165) is 11.4 Å². The highest BCUT2D eigenvalue weighted by atomic mass is 35.5. The third-order valence-electron chi connectivity index (χ3n) is 3.54. The minimum absolute atomic E-state index is 0.0203. The minimum atomic E-state index is -0.202. The molecule has 0 radical (unpaired) electrons. The van der Waals surface area contributed by atoms with Crippen LogP contribution in [0.4, 0.5) is 0 Å². The Morgan fingerprint density at radius 3 is 2.95 bits per heavy atom. The predicted octanol–water partition coefficient (Wildman–Crippen LogP) is 1.83. The number of likely N-dealkylation sites (N-methyl/N-ethyl adjacent to an activating group) is 1. The van der Waals surface area contributed by atoms with Crippen LogP contribution in [0.25, 0.3) is 5.69 Å². The lowest BCUT2D eigenvalue weighted by atomic mass is 10.1. The van der Waals surface area contributed by atoms with E-state index in [4.69, 9.17) is 11.6 Å². The lowest BCUT2D eigenvalue weighted by Gasteiger charge is -2.19. The van der Waals surface area contributed by atoms with Crippen molar-refractivity contribution in [2.75, 3.05) is 13.6 Å².